The Bertz CT molecular complexity index is 610. The lowest BCUT2D eigenvalue weighted by molar-refractivity contribution is -0.112. The van der Waals surface area contributed by atoms with E-state index in [1.807, 2.05) is 24.3 Å². The van der Waals surface area contributed by atoms with E-state index < -0.39 is 0 Å². The molecule has 2 aromatic rings. The molecule has 0 unspecified atom stereocenters. The first kappa shape index (κ1) is 14.1. The first-order valence-electron chi connectivity index (χ1n) is 6.60. The fourth-order valence-corrected chi connectivity index (χ4v) is 1.77. The molecule has 0 aliphatic rings. The van der Waals surface area contributed by atoms with Crippen LogP contribution in [-0.2, 0) is 11.4 Å². The fraction of sp³-hybridized carbons (Fsp3) is 0.167. The molecule has 0 radical (unpaired) electrons. The van der Waals surface area contributed by atoms with Crippen molar-refractivity contribution < 1.29 is 9.53 Å². The summed E-state index contributed by atoms with van der Waals surface area (Å²) in [6.45, 7) is 4.14. The summed E-state index contributed by atoms with van der Waals surface area (Å²) < 4.78 is 5.76. The zero-order chi connectivity index (χ0) is 14.4. The van der Waals surface area contributed by atoms with Gasteiger partial charge in [-0.2, -0.15) is 0 Å². The van der Waals surface area contributed by atoms with Crippen molar-refractivity contribution in [3.8, 4) is 5.75 Å². The highest BCUT2D eigenvalue weighted by atomic mass is 16.5. The number of carbonyl (C=O) groups is 1. The van der Waals surface area contributed by atoms with E-state index in [0.717, 1.165) is 16.9 Å². The second kappa shape index (κ2) is 6.71. The van der Waals surface area contributed by atoms with Crippen LogP contribution in [0.2, 0.25) is 0 Å². The number of aryl methyl sites for hydroxylation is 1. The van der Waals surface area contributed by atoms with Crippen molar-refractivity contribution in [1.82, 2.24) is 0 Å². The van der Waals surface area contributed by atoms with Crippen LogP contribution in [0.5, 0.6) is 5.75 Å². The second-order valence-corrected chi connectivity index (χ2v) is 4.79. The molecule has 0 aromatic heterocycles. The van der Waals surface area contributed by atoms with Crippen molar-refractivity contribution >= 4 is 11.9 Å². The van der Waals surface area contributed by atoms with Gasteiger partial charge in [-0.3, -0.25) is 4.79 Å². The van der Waals surface area contributed by atoms with Crippen LogP contribution in [0, 0.1) is 6.92 Å². The summed E-state index contributed by atoms with van der Waals surface area (Å²) in [6.07, 6.45) is 3.35. The molecule has 0 fully saturated rings. The largest absolute Gasteiger partial charge is 0.489 e. The van der Waals surface area contributed by atoms with Crippen LogP contribution in [0.15, 0.2) is 54.6 Å². The van der Waals surface area contributed by atoms with Gasteiger partial charge in [0.05, 0.1) is 0 Å². The molecule has 0 bridgehead atoms. The van der Waals surface area contributed by atoms with Gasteiger partial charge < -0.3 is 4.74 Å². The van der Waals surface area contributed by atoms with Crippen LogP contribution >= 0.6 is 0 Å². The SMILES string of the molecule is CC(=O)/C=C/c1cccc(OCc2ccc(C)cc2)c1. The highest BCUT2D eigenvalue weighted by Crippen LogP contribution is 2.16. The molecule has 0 N–H and O–H groups in total. The lowest BCUT2D eigenvalue weighted by atomic mass is 10.1. The Morgan fingerprint density at radius 3 is 2.60 bits per heavy atom. The summed E-state index contributed by atoms with van der Waals surface area (Å²) >= 11 is 0. The number of ether oxygens (including phenoxy) is 1. The Labute approximate surface area is 119 Å². The van der Waals surface area contributed by atoms with Crippen LogP contribution in [0.3, 0.4) is 0 Å². The third-order valence-corrected chi connectivity index (χ3v) is 2.89. The van der Waals surface area contributed by atoms with Crippen molar-refractivity contribution in [2.75, 3.05) is 0 Å². The molecule has 2 rings (SSSR count). The molecule has 0 amide bonds. The first-order valence-corrected chi connectivity index (χ1v) is 6.60. The van der Waals surface area contributed by atoms with Gasteiger partial charge in [0.15, 0.2) is 5.78 Å². The molecule has 0 saturated heterocycles. The van der Waals surface area contributed by atoms with Crippen molar-refractivity contribution in [1.29, 1.82) is 0 Å². The first-order chi connectivity index (χ1) is 9.63. The number of benzene rings is 2. The van der Waals surface area contributed by atoms with Crippen LogP contribution in [-0.4, -0.2) is 5.78 Å². The van der Waals surface area contributed by atoms with E-state index >= 15 is 0 Å². The van der Waals surface area contributed by atoms with Gasteiger partial charge in [0.2, 0.25) is 0 Å². The van der Waals surface area contributed by atoms with Crippen LogP contribution < -0.4 is 4.74 Å². The quantitative estimate of drug-likeness (QED) is 0.759. The van der Waals surface area contributed by atoms with Crippen LogP contribution in [0.1, 0.15) is 23.6 Å². The molecule has 0 aliphatic heterocycles. The third kappa shape index (κ3) is 4.39. The van der Waals surface area contributed by atoms with Crippen molar-refractivity contribution in [3.63, 3.8) is 0 Å². The van der Waals surface area contributed by atoms with Gasteiger partial charge in [-0.25, -0.2) is 0 Å². The average Bonchev–Trinajstić information content (AvgIpc) is 2.45. The van der Waals surface area contributed by atoms with Gasteiger partial charge in [0, 0.05) is 0 Å². The number of carbonyl (C=O) groups excluding carboxylic acids is 1. The summed E-state index contributed by atoms with van der Waals surface area (Å²) in [5.74, 6) is 0.840. The van der Waals surface area contributed by atoms with E-state index in [1.54, 1.807) is 12.2 Å². The van der Waals surface area contributed by atoms with Gasteiger partial charge in [-0.1, -0.05) is 48.0 Å². The summed E-state index contributed by atoms with van der Waals surface area (Å²) in [5.41, 5.74) is 3.34. The van der Waals surface area contributed by atoms with E-state index in [-0.39, 0.29) is 5.78 Å². The minimum Gasteiger partial charge on any atom is -0.489 e. The Balaban J connectivity index is 2.01. The molecule has 2 heteroatoms. The van der Waals surface area contributed by atoms with Crippen molar-refractivity contribution in [3.05, 3.63) is 71.3 Å². The Morgan fingerprint density at radius 2 is 1.90 bits per heavy atom. The summed E-state index contributed by atoms with van der Waals surface area (Å²) in [5, 5.41) is 0. The molecule has 0 saturated carbocycles. The number of rotatable bonds is 5. The molecule has 0 spiro atoms. The molecule has 0 aliphatic carbocycles. The Morgan fingerprint density at radius 1 is 1.15 bits per heavy atom. The number of ketones is 1. The molecule has 2 nitrogen and oxygen atoms in total. The van der Waals surface area contributed by atoms with Crippen molar-refractivity contribution in [2.45, 2.75) is 20.5 Å². The minimum atomic E-state index is 0.0379. The highest BCUT2D eigenvalue weighted by molar-refractivity contribution is 5.91. The predicted octanol–water partition coefficient (Wildman–Crippen LogP) is 4.18. The molecule has 0 atom stereocenters. The van der Waals surface area contributed by atoms with Gasteiger partial charge in [-0.05, 0) is 43.2 Å². The summed E-state index contributed by atoms with van der Waals surface area (Å²) in [7, 11) is 0. The fourth-order valence-electron chi connectivity index (χ4n) is 1.77. The second-order valence-electron chi connectivity index (χ2n) is 4.79. The Hall–Kier alpha value is -2.35. The monoisotopic (exact) mass is 266 g/mol. The van der Waals surface area contributed by atoms with Gasteiger partial charge in [0.1, 0.15) is 12.4 Å². The van der Waals surface area contributed by atoms with Gasteiger partial charge in [-0.15, -0.1) is 0 Å². The standard InChI is InChI=1S/C18H18O2/c1-14-6-9-17(10-7-14)13-20-18-5-3-4-16(12-18)11-8-15(2)19/h3-12H,13H2,1-2H3/b11-8+. The number of hydrogen-bond donors (Lipinski definition) is 0. The number of allylic oxidation sites excluding steroid dienone is 1. The molecule has 2 aromatic carbocycles. The topological polar surface area (TPSA) is 26.3 Å². The molecular weight excluding hydrogens is 248 g/mol. The zero-order valence-electron chi connectivity index (χ0n) is 11.8. The molecule has 20 heavy (non-hydrogen) atoms. The van der Waals surface area contributed by atoms with E-state index in [4.69, 9.17) is 4.74 Å². The van der Waals surface area contributed by atoms with Gasteiger partial charge in [0.25, 0.3) is 0 Å². The van der Waals surface area contributed by atoms with E-state index in [1.165, 1.54) is 12.5 Å². The van der Waals surface area contributed by atoms with Crippen LogP contribution in [0.4, 0.5) is 0 Å². The maximum atomic E-state index is 10.9. The summed E-state index contributed by atoms with van der Waals surface area (Å²) in [6, 6.07) is 16.0. The lowest BCUT2D eigenvalue weighted by Crippen LogP contribution is -1.95. The maximum Gasteiger partial charge on any atom is 0.152 e. The molecule has 102 valence electrons. The average molecular weight is 266 g/mol. The van der Waals surface area contributed by atoms with Gasteiger partial charge >= 0.3 is 0 Å². The normalized spacial score (nSPS) is 10.7. The lowest BCUT2D eigenvalue weighted by Gasteiger charge is -2.07. The van der Waals surface area contributed by atoms with E-state index in [0.29, 0.717) is 6.61 Å². The zero-order valence-corrected chi connectivity index (χ0v) is 11.8. The smallest absolute Gasteiger partial charge is 0.152 e. The van der Waals surface area contributed by atoms with Crippen LogP contribution in [0.25, 0.3) is 6.08 Å². The highest BCUT2D eigenvalue weighted by Gasteiger charge is 1.97. The maximum absolute atomic E-state index is 10.9. The number of hydrogen-bond acceptors (Lipinski definition) is 2. The molecular formula is C18H18O2. The van der Waals surface area contributed by atoms with Crippen molar-refractivity contribution in [2.24, 2.45) is 0 Å². The molecule has 0 heterocycles. The predicted molar refractivity (Wildman–Crippen MR) is 81.7 cm³/mol. The summed E-state index contributed by atoms with van der Waals surface area (Å²) in [4.78, 5) is 10.9. The van der Waals surface area contributed by atoms with E-state index in [9.17, 15) is 4.79 Å². The third-order valence-electron chi connectivity index (χ3n) is 2.89. The minimum absolute atomic E-state index is 0.0379. The van der Waals surface area contributed by atoms with E-state index in [2.05, 4.69) is 31.2 Å². The Kier molecular flexibility index (Phi) is 4.72.